The van der Waals surface area contributed by atoms with Crippen LogP contribution < -0.4 is 0 Å². The largest absolute Gasteiger partial charge is 0.0625 e. The van der Waals surface area contributed by atoms with E-state index in [1.807, 2.05) is 0 Å². The van der Waals surface area contributed by atoms with Crippen LogP contribution in [0.25, 0.3) is 0 Å². The Morgan fingerprint density at radius 2 is 1.85 bits per heavy atom. The lowest BCUT2D eigenvalue weighted by Gasteiger charge is -2.26. The highest BCUT2D eigenvalue weighted by molar-refractivity contribution is 5.19. The van der Waals surface area contributed by atoms with E-state index in [1.165, 1.54) is 25.7 Å². The molecule has 1 aliphatic rings. The van der Waals surface area contributed by atoms with Crippen molar-refractivity contribution in [1.29, 1.82) is 0 Å². The van der Waals surface area contributed by atoms with E-state index in [1.54, 1.807) is 5.56 Å². The maximum atomic E-state index is 2.38. The molecule has 1 aromatic rings. The van der Waals surface area contributed by atoms with Crippen molar-refractivity contribution in [1.82, 2.24) is 0 Å². The van der Waals surface area contributed by atoms with Crippen LogP contribution in [-0.4, -0.2) is 0 Å². The normalized spacial score (nSPS) is 28.7. The molecule has 0 aliphatic heterocycles. The minimum Gasteiger partial charge on any atom is -0.0625 e. The number of hydrogen-bond acceptors (Lipinski definition) is 0. The van der Waals surface area contributed by atoms with E-state index in [4.69, 9.17) is 0 Å². The van der Waals surface area contributed by atoms with Crippen molar-refractivity contribution in [2.75, 3.05) is 0 Å². The molecule has 0 nitrogen and oxygen atoms in total. The average molecular weight is 174 g/mol. The van der Waals surface area contributed by atoms with Gasteiger partial charge < -0.3 is 0 Å². The topological polar surface area (TPSA) is 0 Å². The van der Waals surface area contributed by atoms with Crippen LogP contribution in [0.5, 0.6) is 0 Å². The van der Waals surface area contributed by atoms with Gasteiger partial charge in [-0.15, -0.1) is 0 Å². The van der Waals surface area contributed by atoms with Crippen LogP contribution in [-0.2, 0) is 0 Å². The van der Waals surface area contributed by atoms with Gasteiger partial charge in [0.1, 0.15) is 0 Å². The molecule has 0 unspecified atom stereocenters. The lowest BCUT2D eigenvalue weighted by molar-refractivity contribution is 0.344. The summed E-state index contributed by atoms with van der Waals surface area (Å²) in [5.74, 6) is 1.77. The van der Waals surface area contributed by atoms with Gasteiger partial charge in [0.05, 0.1) is 0 Å². The van der Waals surface area contributed by atoms with Gasteiger partial charge in [-0.3, -0.25) is 0 Å². The van der Waals surface area contributed by atoms with Gasteiger partial charge in [0.15, 0.2) is 0 Å². The van der Waals surface area contributed by atoms with E-state index in [0.29, 0.717) is 0 Å². The summed E-state index contributed by atoms with van der Waals surface area (Å²) in [7, 11) is 0. The summed E-state index contributed by atoms with van der Waals surface area (Å²) >= 11 is 0. The maximum Gasteiger partial charge on any atom is -0.0159 e. The highest BCUT2D eigenvalue weighted by Crippen LogP contribution is 2.35. The second-order valence-electron chi connectivity index (χ2n) is 4.38. The van der Waals surface area contributed by atoms with E-state index in [0.717, 1.165) is 11.8 Å². The highest BCUT2D eigenvalue weighted by atomic mass is 14.2. The third-order valence-corrected chi connectivity index (χ3v) is 3.21. The van der Waals surface area contributed by atoms with Crippen LogP contribution in [0.15, 0.2) is 30.3 Å². The molecule has 0 N–H and O–H groups in total. The van der Waals surface area contributed by atoms with Crippen LogP contribution >= 0.6 is 0 Å². The molecule has 70 valence electrons. The van der Waals surface area contributed by atoms with Gasteiger partial charge in [-0.25, -0.2) is 0 Å². The zero-order valence-electron chi connectivity index (χ0n) is 8.37. The molecule has 0 heteroatoms. The van der Waals surface area contributed by atoms with Crippen molar-refractivity contribution >= 4 is 0 Å². The van der Waals surface area contributed by atoms with Crippen molar-refractivity contribution in [3.05, 3.63) is 35.9 Å². The summed E-state index contributed by atoms with van der Waals surface area (Å²) in [5.41, 5.74) is 1.55. The molecule has 0 aromatic heterocycles. The highest BCUT2D eigenvalue weighted by Gasteiger charge is 2.19. The summed E-state index contributed by atoms with van der Waals surface area (Å²) < 4.78 is 0. The average Bonchev–Trinajstić information content (AvgIpc) is 2.19. The Morgan fingerprint density at radius 1 is 1.08 bits per heavy atom. The van der Waals surface area contributed by atoms with Gasteiger partial charge in [0, 0.05) is 0 Å². The molecule has 0 spiro atoms. The first kappa shape index (κ1) is 8.80. The molecule has 1 fully saturated rings. The minimum absolute atomic E-state index is 0.838. The Labute approximate surface area is 81.0 Å². The van der Waals surface area contributed by atoms with Crippen molar-refractivity contribution in [2.45, 2.75) is 38.5 Å². The Morgan fingerprint density at radius 3 is 2.54 bits per heavy atom. The van der Waals surface area contributed by atoms with E-state index in [9.17, 15) is 0 Å². The van der Waals surface area contributed by atoms with Gasteiger partial charge in [0.25, 0.3) is 0 Å². The van der Waals surface area contributed by atoms with Crippen molar-refractivity contribution < 1.29 is 0 Å². The predicted molar refractivity (Wildman–Crippen MR) is 56.8 cm³/mol. The standard InChI is InChI=1S/C13H18/c1-11-6-5-9-13(10-11)12-7-3-2-4-8-12/h2-4,7-8,11,13H,5-6,9-10H2,1H3/t11-,13-/m0/s1. The van der Waals surface area contributed by atoms with Gasteiger partial charge >= 0.3 is 0 Å². The molecule has 2 atom stereocenters. The lowest BCUT2D eigenvalue weighted by atomic mass is 9.79. The van der Waals surface area contributed by atoms with Gasteiger partial charge in [-0.05, 0) is 30.2 Å². The quantitative estimate of drug-likeness (QED) is 0.604. The van der Waals surface area contributed by atoms with Crippen LogP contribution in [0.2, 0.25) is 0 Å². The zero-order chi connectivity index (χ0) is 9.10. The van der Waals surface area contributed by atoms with Crippen molar-refractivity contribution in [3.63, 3.8) is 0 Å². The fraction of sp³-hybridized carbons (Fsp3) is 0.538. The second kappa shape index (κ2) is 3.95. The smallest absolute Gasteiger partial charge is 0.0159 e. The monoisotopic (exact) mass is 174 g/mol. The molecule has 2 rings (SSSR count). The summed E-state index contributed by atoms with van der Waals surface area (Å²) in [6.45, 7) is 2.38. The summed E-state index contributed by atoms with van der Waals surface area (Å²) in [5, 5.41) is 0. The third kappa shape index (κ3) is 2.12. The lowest BCUT2D eigenvalue weighted by Crippen LogP contribution is -2.11. The fourth-order valence-corrected chi connectivity index (χ4v) is 2.46. The first-order chi connectivity index (χ1) is 6.36. The summed E-state index contributed by atoms with van der Waals surface area (Å²) in [4.78, 5) is 0. The Bertz CT molecular complexity index is 250. The molecule has 0 saturated heterocycles. The molecule has 1 aliphatic carbocycles. The summed E-state index contributed by atoms with van der Waals surface area (Å²) in [6, 6.07) is 11.0. The van der Waals surface area contributed by atoms with Crippen LogP contribution in [0.1, 0.15) is 44.1 Å². The van der Waals surface area contributed by atoms with E-state index >= 15 is 0 Å². The van der Waals surface area contributed by atoms with Gasteiger partial charge in [0.2, 0.25) is 0 Å². The predicted octanol–water partition coefficient (Wildman–Crippen LogP) is 3.98. The molecule has 0 heterocycles. The number of benzene rings is 1. The maximum absolute atomic E-state index is 2.38. The Balaban J connectivity index is 2.08. The van der Waals surface area contributed by atoms with Crippen molar-refractivity contribution in [2.24, 2.45) is 5.92 Å². The Hall–Kier alpha value is -0.780. The second-order valence-corrected chi connectivity index (χ2v) is 4.38. The molecule has 0 amide bonds. The fourth-order valence-electron chi connectivity index (χ4n) is 2.46. The first-order valence-electron chi connectivity index (χ1n) is 5.41. The van der Waals surface area contributed by atoms with E-state index < -0.39 is 0 Å². The molecule has 13 heavy (non-hydrogen) atoms. The third-order valence-electron chi connectivity index (χ3n) is 3.21. The molecule has 1 saturated carbocycles. The van der Waals surface area contributed by atoms with Crippen LogP contribution in [0, 0.1) is 5.92 Å². The summed E-state index contributed by atoms with van der Waals surface area (Å²) in [6.07, 6.45) is 5.64. The van der Waals surface area contributed by atoms with Crippen molar-refractivity contribution in [3.8, 4) is 0 Å². The number of hydrogen-bond donors (Lipinski definition) is 0. The minimum atomic E-state index is 0.838. The zero-order valence-corrected chi connectivity index (χ0v) is 8.37. The van der Waals surface area contributed by atoms with E-state index in [-0.39, 0.29) is 0 Å². The Kier molecular flexibility index (Phi) is 2.68. The van der Waals surface area contributed by atoms with Gasteiger partial charge in [-0.2, -0.15) is 0 Å². The SMILES string of the molecule is C[C@H]1CCC[C@H](c2ccccc2)C1. The van der Waals surface area contributed by atoms with Crippen LogP contribution in [0.3, 0.4) is 0 Å². The first-order valence-corrected chi connectivity index (χ1v) is 5.41. The number of rotatable bonds is 1. The van der Waals surface area contributed by atoms with E-state index in [2.05, 4.69) is 37.3 Å². The van der Waals surface area contributed by atoms with Crippen LogP contribution in [0.4, 0.5) is 0 Å². The molecular formula is C13H18. The molecule has 1 aromatic carbocycles. The van der Waals surface area contributed by atoms with Gasteiger partial charge in [-0.1, -0.05) is 50.1 Å². The molecular weight excluding hydrogens is 156 g/mol. The molecule has 0 radical (unpaired) electrons. The molecule has 0 bridgehead atoms.